The molecule has 7 heteroatoms. The molecule has 0 saturated heterocycles. The van der Waals surface area contributed by atoms with Gasteiger partial charge in [-0.3, -0.25) is 0 Å². The second-order valence-electron chi connectivity index (χ2n) is 2.93. The summed E-state index contributed by atoms with van der Waals surface area (Å²) in [7, 11) is 0. The number of benzene rings is 1. The number of hydrogen-bond donors (Lipinski definition) is 0. The van der Waals surface area contributed by atoms with Crippen LogP contribution in [0.3, 0.4) is 0 Å². The number of aromatic nitrogens is 2. The summed E-state index contributed by atoms with van der Waals surface area (Å²) < 4.78 is 3.11. The Morgan fingerprint density at radius 2 is 1.69 bits per heavy atom. The largest absolute Gasteiger partial charge is 0.334 e. The summed E-state index contributed by atoms with van der Waals surface area (Å²) in [5.74, 6) is 0.278. The quantitative estimate of drug-likeness (QED) is 0.740. The Balaban J connectivity index is 2.35. The van der Waals surface area contributed by atoms with E-state index in [4.69, 9.17) is 50.9 Å². The van der Waals surface area contributed by atoms with Crippen molar-refractivity contribution >= 4 is 46.4 Å². The zero-order valence-electron chi connectivity index (χ0n) is 7.62. The van der Waals surface area contributed by atoms with Crippen LogP contribution in [-0.4, -0.2) is 10.1 Å². The third kappa shape index (κ3) is 2.61. The molecule has 0 aliphatic heterocycles. The van der Waals surface area contributed by atoms with Crippen LogP contribution in [0.2, 0.25) is 5.02 Å². The first kappa shape index (κ1) is 12.0. The van der Waals surface area contributed by atoms with Gasteiger partial charge in [0.1, 0.15) is 0 Å². The molecule has 1 heterocycles. The highest BCUT2D eigenvalue weighted by atomic mass is 35.6. The van der Waals surface area contributed by atoms with Gasteiger partial charge < -0.3 is 4.52 Å². The summed E-state index contributed by atoms with van der Waals surface area (Å²) in [5, 5.41) is 4.32. The Labute approximate surface area is 111 Å². The maximum absolute atomic E-state index is 5.75. The van der Waals surface area contributed by atoms with E-state index in [1.165, 1.54) is 0 Å². The molecule has 2 aromatic rings. The van der Waals surface area contributed by atoms with Gasteiger partial charge in [0.15, 0.2) is 0 Å². The van der Waals surface area contributed by atoms with Crippen molar-refractivity contribution in [1.82, 2.24) is 10.1 Å². The molecule has 0 N–H and O–H groups in total. The van der Waals surface area contributed by atoms with Crippen molar-refractivity contribution in [3.05, 3.63) is 35.2 Å². The minimum atomic E-state index is -1.71. The average Bonchev–Trinajstić information content (AvgIpc) is 2.67. The van der Waals surface area contributed by atoms with E-state index < -0.39 is 3.79 Å². The van der Waals surface area contributed by atoms with Crippen molar-refractivity contribution in [2.45, 2.75) is 3.79 Å². The van der Waals surface area contributed by atoms with Gasteiger partial charge in [0.2, 0.25) is 5.82 Å². The van der Waals surface area contributed by atoms with E-state index in [1.54, 1.807) is 24.3 Å². The minimum Gasteiger partial charge on any atom is -0.334 e. The summed E-state index contributed by atoms with van der Waals surface area (Å²) in [5.41, 5.74) is 0.730. The predicted molar refractivity (Wildman–Crippen MR) is 64.0 cm³/mol. The Morgan fingerprint density at radius 3 is 2.19 bits per heavy atom. The second kappa shape index (κ2) is 4.41. The number of halogens is 4. The van der Waals surface area contributed by atoms with Crippen LogP contribution in [0.15, 0.2) is 28.8 Å². The van der Waals surface area contributed by atoms with E-state index in [0.29, 0.717) is 10.8 Å². The highest BCUT2D eigenvalue weighted by Crippen LogP contribution is 2.37. The monoisotopic (exact) mass is 296 g/mol. The van der Waals surface area contributed by atoms with Crippen LogP contribution >= 0.6 is 46.4 Å². The molecule has 1 aromatic carbocycles. The molecule has 0 aliphatic rings. The van der Waals surface area contributed by atoms with Gasteiger partial charge in [0.25, 0.3) is 9.68 Å². The van der Waals surface area contributed by atoms with Crippen LogP contribution in [0, 0.1) is 0 Å². The van der Waals surface area contributed by atoms with E-state index in [9.17, 15) is 0 Å². The molecule has 0 aliphatic carbocycles. The molecule has 0 radical (unpaired) electrons. The molecule has 0 bridgehead atoms. The molecule has 3 nitrogen and oxygen atoms in total. The first-order chi connectivity index (χ1) is 7.47. The first-order valence-electron chi connectivity index (χ1n) is 4.13. The molecule has 0 atom stereocenters. The summed E-state index contributed by atoms with van der Waals surface area (Å²) >= 11 is 22.5. The molecule has 0 spiro atoms. The standard InChI is InChI=1S/C9H4Cl4N2O/c10-6-3-1-5(2-4-6)7-14-8(16-15-7)9(11,12)13/h1-4H. The van der Waals surface area contributed by atoms with Crippen LogP contribution in [0.4, 0.5) is 0 Å². The van der Waals surface area contributed by atoms with Gasteiger partial charge in [-0.1, -0.05) is 51.6 Å². The fraction of sp³-hybridized carbons (Fsp3) is 0.111. The molecule has 0 saturated carbocycles. The fourth-order valence-electron chi connectivity index (χ4n) is 1.05. The van der Waals surface area contributed by atoms with Gasteiger partial charge in [0, 0.05) is 10.6 Å². The summed E-state index contributed by atoms with van der Waals surface area (Å²) in [6.07, 6.45) is 0. The molecule has 16 heavy (non-hydrogen) atoms. The number of nitrogens with zero attached hydrogens (tertiary/aromatic N) is 2. The van der Waals surface area contributed by atoms with Crippen molar-refractivity contribution < 1.29 is 4.52 Å². The van der Waals surface area contributed by atoms with E-state index in [1.807, 2.05) is 0 Å². The van der Waals surface area contributed by atoms with Crippen LogP contribution < -0.4 is 0 Å². The van der Waals surface area contributed by atoms with Gasteiger partial charge in [-0.15, -0.1) is 0 Å². The van der Waals surface area contributed by atoms with E-state index in [0.717, 1.165) is 5.56 Å². The van der Waals surface area contributed by atoms with Gasteiger partial charge in [-0.05, 0) is 24.3 Å². The molecule has 0 amide bonds. The molecular weight excluding hydrogens is 294 g/mol. The van der Waals surface area contributed by atoms with Crippen LogP contribution in [0.5, 0.6) is 0 Å². The molecule has 2 rings (SSSR count). The molecule has 1 aromatic heterocycles. The number of alkyl halides is 3. The lowest BCUT2D eigenvalue weighted by molar-refractivity contribution is 0.383. The Morgan fingerprint density at radius 1 is 1.06 bits per heavy atom. The van der Waals surface area contributed by atoms with Crippen molar-refractivity contribution in [3.8, 4) is 11.4 Å². The lowest BCUT2D eigenvalue weighted by Gasteiger charge is -2.01. The summed E-state index contributed by atoms with van der Waals surface area (Å²) in [4.78, 5) is 3.96. The molecule has 0 fully saturated rings. The third-order valence-corrected chi connectivity index (χ3v) is 2.51. The maximum Gasteiger partial charge on any atom is 0.279 e. The van der Waals surface area contributed by atoms with Crippen molar-refractivity contribution in [2.75, 3.05) is 0 Å². The third-order valence-electron chi connectivity index (χ3n) is 1.77. The maximum atomic E-state index is 5.75. The highest BCUT2D eigenvalue weighted by Gasteiger charge is 2.30. The minimum absolute atomic E-state index is 0.0672. The molecular formula is C9H4Cl4N2O. The SMILES string of the molecule is Clc1ccc(-c2noc(C(Cl)(Cl)Cl)n2)cc1. The predicted octanol–water partition coefficient (Wildman–Crippen LogP) is 4.22. The second-order valence-corrected chi connectivity index (χ2v) is 5.65. The Kier molecular flexibility index (Phi) is 3.31. The van der Waals surface area contributed by atoms with Gasteiger partial charge in [0.05, 0.1) is 0 Å². The average molecular weight is 298 g/mol. The zero-order chi connectivity index (χ0) is 11.8. The topological polar surface area (TPSA) is 38.9 Å². The number of hydrogen-bond acceptors (Lipinski definition) is 3. The van der Waals surface area contributed by atoms with Crippen LogP contribution in [0.1, 0.15) is 5.89 Å². The van der Waals surface area contributed by atoms with E-state index in [2.05, 4.69) is 10.1 Å². The Hall–Kier alpha value is -0.480. The Bertz CT molecular complexity index is 489. The fourth-order valence-corrected chi connectivity index (χ4v) is 1.41. The van der Waals surface area contributed by atoms with Crippen LogP contribution in [-0.2, 0) is 3.79 Å². The number of rotatable bonds is 1. The summed E-state index contributed by atoms with van der Waals surface area (Å²) in [6, 6.07) is 6.91. The molecule has 84 valence electrons. The first-order valence-corrected chi connectivity index (χ1v) is 5.65. The van der Waals surface area contributed by atoms with Gasteiger partial charge in [-0.2, -0.15) is 4.98 Å². The zero-order valence-corrected chi connectivity index (χ0v) is 10.6. The van der Waals surface area contributed by atoms with Crippen molar-refractivity contribution in [2.24, 2.45) is 0 Å². The van der Waals surface area contributed by atoms with Gasteiger partial charge in [-0.25, -0.2) is 0 Å². The van der Waals surface area contributed by atoms with Crippen LogP contribution in [0.25, 0.3) is 11.4 Å². The van der Waals surface area contributed by atoms with Crippen molar-refractivity contribution in [3.63, 3.8) is 0 Å². The van der Waals surface area contributed by atoms with Gasteiger partial charge >= 0.3 is 0 Å². The lowest BCUT2D eigenvalue weighted by atomic mass is 10.2. The molecule has 0 unspecified atom stereocenters. The van der Waals surface area contributed by atoms with E-state index >= 15 is 0 Å². The summed E-state index contributed by atoms with van der Waals surface area (Å²) in [6.45, 7) is 0. The smallest absolute Gasteiger partial charge is 0.279 e. The normalized spacial score (nSPS) is 11.8. The van der Waals surface area contributed by atoms with E-state index in [-0.39, 0.29) is 5.89 Å². The van der Waals surface area contributed by atoms with Crippen molar-refractivity contribution in [1.29, 1.82) is 0 Å². The lowest BCUT2D eigenvalue weighted by Crippen LogP contribution is -1.99. The highest BCUT2D eigenvalue weighted by molar-refractivity contribution is 6.66.